The van der Waals surface area contributed by atoms with Crippen molar-refractivity contribution in [3.8, 4) is 0 Å². The van der Waals surface area contributed by atoms with Gasteiger partial charge in [-0.3, -0.25) is 9.48 Å². The minimum atomic E-state index is -0.0516. The van der Waals surface area contributed by atoms with Gasteiger partial charge in [0.25, 0.3) is 5.91 Å². The van der Waals surface area contributed by atoms with Gasteiger partial charge in [0, 0.05) is 31.8 Å². The molecule has 0 aliphatic carbocycles. The molecule has 0 unspecified atom stereocenters. The lowest BCUT2D eigenvalue weighted by molar-refractivity contribution is 0.00737. The molecule has 1 aliphatic rings. The van der Waals surface area contributed by atoms with Gasteiger partial charge in [-0.2, -0.15) is 5.10 Å². The maximum absolute atomic E-state index is 12.1. The van der Waals surface area contributed by atoms with Crippen molar-refractivity contribution in [3.63, 3.8) is 0 Å². The molecule has 2 rings (SSSR count). The summed E-state index contributed by atoms with van der Waals surface area (Å²) < 4.78 is 7.58. The number of hydrogen-bond acceptors (Lipinski definition) is 3. The smallest absolute Gasteiger partial charge is 0.254 e. The Bertz CT molecular complexity index is 462. The normalized spacial score (nSPS) is 23.0. The molecular weight excluding hydrogens is 254 g/mol. The molecule has 2 heterocycles. The van der Waals surface area contributed by atoms with Gasteiger partial charge in [0.2, 0.25) is 0 Å². The number of amides is 1. The topological polar surface area (TPSA) is 56.2 Å². The summed E-state index contributed by atoms with van der Waals surface area (Å²) in [4.78, 5) is 12.1. The summed E-state index contributed by atoms with van der Waals surface area (Å²) >= 11 is 0. The predicted octanol–water partition coefficient (Wildman–Crippen LogP) is 2.08. The minimum absolute atomic E-state index is 0.0516. The largest absolute Gasteiger partial charge is 0.377 e. The monoisotopic (exact) mass is 279 g/mol. The molecule has 1 saturated heterocycles. The van der Waals surface area contributed by atoms with Gasteiger partial charge in [-0.1, -0.05) is 20.8 Å². The molecule has 5 heteroatoms. The van der Waals surface area contributed by atoms with Crippen LogP contribution >= 0.6 is 0 Å². The number of ether oxygens (including phenoxy) is 1. The van der Waals surface area contributed by atoms with Gasteiger partial charge in [-0.25, -0.2) is 0 Å². The first-order chi connectivity index (χ1) is 9.41. The standard InChI is InChI=1S/C15H25N3O2/c1-5-18-10-12(9-17-18)14(19)16-8-11-6-7-20-13(11)15(2,3)4/h9-11,13H,5-8H2,1-4H3,(H,16,19)/t11-,13+/m1/s1. The third-order valence-electron chi connectivity index (χ3n) is 3.81. The van der Waals surface area contributed by atoms with Crippen molar-refractivity contribution in [2.24, 2.45) is 11.3 Å². The zero-order valence-corrected chi connectivity index (χ0v) is 12.8. The molecule has 1 amide bonds. The van der Waals surface area contributed by atoms with Crippen LogP contribution in [0.3, 0.4) is 0 Å². The fourth-order valence-corrected chi connectivity index (χ4v) is 2.78. The molecule has 2 atom stereocenters. The molecule has 1 N–H and O–H groups in total. The molecule has 5 nitrogen and oxygen atoms in total. The van der Waals surface area contributed by atoms with E-state index in [4.69, 9.17) is 4.74 Å². The Morgan fingerprint density at radius 3 is 2.90 bits per heavy atom. The van der Waals surface area contributed by atoms with Crippen LogP contribution in [0.1, 0.15) is 44.5 Å². The molecule has 1 fully saturated rings. The van der Waals surface area contributed by atoms with Crippen LogP contribution in [-0.2, 0) is 11.3 Å². The molecule has 0 bridgehead atoms. The lowest BCUT2D eigenvalue weighted by atomic mass is 9.81. The molecule has 112 valence electrons. The second-order valence-corrected chi connectivity index (χ2v) is 6.50. The Kier molecular flexibility index (Phi) is 4.48. The number of nitrogens with one attached hydrogen (secondary N) is 1. The first-order valence-corrected chi connectivity index (χ1v) is 7.34. The fraction of sp³-hybridized carbons (Fsp3) is 0.733. The highest BCUT2D eigenvalue weighted by molar-refractivity contribution is 5.93. The molecule has 1 aromatic rings. The Morgan fingerprint density at radius 2 is 2.30 bits per heavy atom. The van der Waals surface area contributed by atoms with E-state index in [1.165, 1.54) is 0 Å². The second-order valence-electron chi connectivity index (χ2n) is 6.50. The maximum Gasteiger partial charge on any atom is 0.254 e. The number of aryl methyl sites for hydroxylation is 1. The molecule has 0 aromatic carbocycles. The fourth-order valence-electron chi connectivity index (χ4n) is 2.78. The van der Waals surface area contributed by atoms with Gasteiger partial charge in [0.1, 0.15) is 0 Å². The van der Waals surface area contributed by atoms with E-state index in [-0.39, 0.29) is 17.4 Å². The van der Waals surface area contributed by atoms with E-state index in [9.17, 15) is 4.79 Å². The first-order valence-electron chi connectivity index (χ1n) is 7.34. The van der Waals surface area contributed by atoms with Crippen molar-refractivity contribution in [2.75, 3.05) is 13.2 Å². The number of aromatic nitrogens is 2. The Hall–Kier alpha value is -1.36. The van der Waals surface area contributed by atoms with Gasteiger partial charge in [0.15, 0.2) is 0 Å². The SMILES string of the molecule is CCn1cc(C(=O)NC[C@H]2CCO[C@@H]2C(C)(C)C)cn1. The highest BCUT2D eigenvalue weighted by Crippen LogP contribution is 2.34. The van der Waals surface area contributed by atoms with E-state index in [1.807, 2.05) is 6.92 Å². The second kappa shape index (κ2) is 5.95. The van der Waals surface area contributed by atoms with Gasteiger partial charge < -0.3 is 10.1 Å². The van der Waals surface area contributed by atoms with E-state index in [0.29, 0.717) is 18.0 Å². The zero-order valence-electron chi connectivity index (χ0n) is 12.8. The van der Waals surface area contributed by atoms with Crippen LogP contribution in [0.4, 0.5) is 0 Å². The lowest BCUT2D eigenvalue weighted by Crippen LogP contribution is -2.38. The van der Waals surface area contributed by atoms with Gasteiger partial charge in [-0.15, -0.1) is 0 Å². The number of rotatable bonds is 4. The van der Waals surface area contributed by atoms with Crippen molar-refractivity contribution in [1.82, 2.24) is 15.1 Å². The zero-order chi connectivity index (χ0) is 14.8. The Balaban J connectivity index is 1.90. The summed E-state index contributed by atoms with van der Waals surface area (Å²) in [6.45, 7) is 10.8. The Morgan fingerprint density at radius 1 is 1.55 bits per heavy atom. The van der Waals surface area contributed by atoms with E-state index in [1.54, 1.807) is 17.1 Å². The van der Waals surface area contributed by atoms with E-state index >= 15 is 0 Å². The van der Waals surface area contributed by atoms with E-state index < -0.39 is 0 Å². The summed E-state index contributed by atoms with van der Waals surface area (Å²) in [5.74, 6) is 0.337. The van der Waals surface area contributed by atoms with Gasteiger partial charge in [0.05, 0.1) is 17.9 Å². The summed E-state index contributed by atoms with van der Waals surface area (Å²) in [5.41, 5.74) is 0.733. The summed E-state index contributed by atoms with van der Waals surface area (Å²) in [6.07, 6.45) is 4.62. The third-order valence-corrected chi connectivity index (χ3v) is 3.81. The number of hydrogen-bond donors (Lipinski definition) is 1. The van der Waals surface area contributed by atoms with Gasteiger partial charge >= 0.3 is 0 Å². The highest BCUT2D eigenvalue weighted by Gasteiger charge is 2.37. The van der Waals surface area contributed by atoms with Crippen molar-refractivity contribution >= 4 is 5.91 Å². The molecule has 1 aromatic heterocycles. The molecule has 0 spiro atoms. The predicted molar refractivity (Wildman–Crippen MR) is 77.5 cm³/mol. The average Bonchev–Trinajstić information content (AvgIpc) is 3.03. The van der Waals surface area contributed by atoms with Gasteiger partial charge in [-0.05, 0) is 18.8 Å². The van der Waals surface area contributed by atoms with Crippen molar-refractivity contribution < 1.29 is 9.53 Å². The molecular formula is C15H25N3O2. The molecule has 0 saturated carbocycles. The van der Waals surface area contributed by atoms with Crippen LogP contribution < -0.4 is 5.32 Å². The van der Waals surface area contributed by atoms with Crippen LogP contribution in [-0.4, -0.2) is 34.9 Å². The van der Waals surface area contributed by atoms with Crippen LogP contribution in [0.2, 0.25) is 0 Å². The van der Waals surface area contributed by atoms with Crippen LogP contribution in [0, 0.1) is 11.3 Å². The van der Waals surface area contributed by atoms with Crippen molar-refractivity contribution in [2.45, 2.75) is 46.8 Å². The summed E-state index contributed by atoms with van der Waals surface area (Å²) in [7, 11) is 0. The van der Waals surface area contributed by atoms with Crippen LogP contribution in [0.25, 0.3) is 0 Å². The number of carbonyl (C=O) groups is 1. The van der Waals surface area contributed by atoms with E-state index in [2.05, 4.69) is 31.2 Å². The summed E-state index contributed by atoms with van der Waals surface area (Å²) in [5, 5.41) is 7.13. The number of carbonyl (C=O) groups excluding carboxylic acids is 1. The number of nitrogens with zero attached hydrogens (tertiary/aromatic N) is 2. The third kappa shape index (κ3) is 3.39. The average molecular weight is 279 g/mol. The van der Waals surface area contributed by atoms with E-state index in [0.717, 1.165) is 19.6 Å². The van der Waals surface area contributed by atoms with Crippen LogP contribution in [0.15, 0.2) is 12.4 Å². The minimum Gasteiger partial charge on any atom is -0.377 e. The summed E-state index contributed by atoms with van der Waals surface area (Å²) in [6, 6.07) is 0. The van der Waals surface area contributed by atoms with Crippen molar-refractivity contribution in [3.05, 3.63) is 18.0 Å². The maximum atomic E-state index is 12.1. The first kappa shape index (κ1) is 15.0. The van der Waals surface area contributed by atoms with Crippen molar-refractivity contribution in [1.29, 1.82) is 0 Å². The molecule has 1 aliphatic heterocycles. The molecule has 20 heavy (non-hydrogen) atoms. The lowest BCUT2D eigenvalue weighted by Gasteiger charge is -2.31. The molecule has 0 radical (unpaired) electrons. The highest BCUT2D eigenvalue weighted by atomic mass is 16.5. The Labute approximate surface area is 120 Å². The van der Waals surface area contributed by atoms with Crippen LogP contribution in [0.5, 0.6) is 0 Å². The quantitative estimate of drug-likeness (QED) is 0.918.